The normalized spacial score (nSPS) is 9.47. The van der Waals surface area contributed by atoms with Gasteiger partial charge in [-0.3, -0.25) is 4.79 Å². The van der Waals surface area contributed by atoms with Crippen LogP contribution < -0.4 is 10.5 Å². The predicted octanol–water partition coefficient (Wildman–Crippen LogP) is 0.499. The van der Waals surface area contributed by atoms with Gasteiger partial charge in [0.1, 0.15) is 12.9 Å². The minimum Gasteiger partial charge on any atom is -0.458 e. The van der Waals surface area contributed by atoms with Crippen LogP contribution in [0, 0.1) is 7.11 Å². The van der Waals surface area contributed by atoms with E-state index in [2.05, 4.69) is 11.8 Å². The van der Waals surface area contributed by atoms with Gasteiger partial charge >= 0.3 is 11.9 Å². The minimum absolute atomic E-state index is 0.192. The molecule has 0 bridgehead atoms. The van der Waals surface area contributed by atoms with Crippen LogP contribution in [0.25, 0.3) is 0 Å². The van der Waals surface area contributed by atoms with Crippen molar-refractivity contribution in [1.29, 1.82) is 0 Å². The molecular weight excluding hydrogens is 198 g/mol. The third-order valence-electron chi connectivity index (χ3n) is 1.62. The lowest BCUT2D eigenvalue weighted by Crippen LogP contribution is -2.19. The Morgan fingerprint density at radius 1 is 1.27 bits per heavy atom. The van der Waals surface area contributed by atoms with Gasteiger partial charge in [-0.25, -0.2) is 4.79 Å². The van der Waals surface area contributed by atoms with Crippen molar-refractivity contribution in [3.8, 4) is 5.75 Å². The van der Waals surface area contributed by atoms with Crippen molar-refractivity contribution < 1.29 is 19.1 Å². The number of benzene rings is 1. The number of ether oxygens (including phenoxy) is 2. The highest BCUT2D eigenvalue weighted by Crippen LogP contribution is 2.12. The molecule has 15 heavy (non-hydrogen) atoms. The van der Waals surface area contributed by atoms with Crippen molar-refractivity contribution in [2.75, 3.05) is 6.54 Å². The first-order valence-electron chi connectivity index (χ1n) is 4.14. The van der Waals surface area contributed by atoms with Gasteiger partial charge in [0.25, 0.3) is 0 Å². The fourth-order valence-corrected chi connectivity index (χ4v) is 0.916. The Bertz CT molecular complexity index is 358. The molecule has 0 aliphatic rings. The molecule has 0 saturated heterocycles. The van der Waals surface area contributed by atoms with Crippen LogP contribution in [0.15, 0.2) is 24.3 Å². The molecule has 0 amide bonds. The molecule has 0 aromatic heterocycles. The van der Waals surface area contributed by atoms with Gasteiger partial charge in [0.15, 0.2) is 0 Å². The highest BCUT2D eigenvalue weighted by molar-refractivity contribution is 5.89. The van der Waals surface area contributed by atoms with Gasteiger partial charge in [-0.05, 0) is 24.3 Å². The van der Waals surface area contributed by atoms with Gasteiger partial charge in [0.2, 0.25) is 0 Å². The lowest BCUT2D eigenvalue weighted by atomic mass is 10.2. The lowest BCUT2D eigenvalue weighted by Gasteiger charge is -2.03. The van der Waals surface area contributed by atoms with Crippen LogP contribution in [0.5, 0.6) is 5.75 Å². The second kappa shape index (κ2) is 5.11. The highest BCUT2D eigenvalue weighted by Gasteiger charge is 2.06. The Balaban J connectivity index is 2.72. The Kier molecular flexibility index (Phi) is 3.82. The number of carbonyl (C=O) groups is 2. The third-order valence-corrected chi connectivity index (χ3v) is 1.62. The minimum atomic E-state index is -0.549. The third kappa shape index (κ3) is 3.07. The smallest absolute Gasteiger partial charge is 0.338 e. The van der Waals surface area contributed by atoms with E-state index >= 15 is 0 Å². The summed E-state index contributed by atoms with van der Waals surface area (Å²) in [5.74, 6) is -0.764. The van der Waals surface area contributed by atoms with Crippen LogP contribution >= 0.6 is 0 Å². The maximum absolute atomic E-state index is 11.0. The van der Waals surface area contributed by atoms with Crippen molar-refractivity contribution in [3.63, 3.8) is 0 Å². The molecule has 0 saturated carbocycles. The number of hydrogen-bond acceptors (Lipinski definition) is 5. The zero-order valence-electron chi connectivity index (χ0n) is 7.93. The first-order chi connectivity index (χ1) is 7.17. The summed E-state index contributed by atoms with van der Waals surface area (Å²) in [7, 11) is 2.99. The van der Waals surface area contributed by atoms with Crippen molar-refractivity contribution in [1.82, 2.24) is 0 Å². The molecule has 0 atom stereocenters. The van der Waals surface area contributed by atoms with E-state index in [1.807, 2.05) is 0 Å². The zero-order valence-corrected chi connectivity index (χ0v) is 7.93. The fraction of sp³-hybridized carbons (Fsp3) is 0.100. The molecule has 0 unspecified atom stereocenters. The van der Waals surface area contributed by atoms with Crippen LogP contribution in [0.4, 0.5) is 0 Å². The van der Waals surface area contributed by atoms with Crippen LogP contribution in [0.2, 0.25) is 0 Å². The van der Waals surface area contributed by atoms with Gasteiger partial charge < -0.3 is 15.2 Å². The van der Waals surface area contributed by atoms with Crippen molar-refractivity contribution in [2.45, 2.75) is 0 Å². The van der Waals surface area contributed by atoms with Gasteiger partial charge in [-0.15, -0.1) is 0 Å². The Morgan fingerprint density at radius 3 is 2.33 bits per heavy atom. The van der Waals surface area contributed by atoms with Gasteiger partial charge in [-0.2, -0.15) is 0 Å². The van der Waals surface area contributed by atoms with E-state index in [1.54, 1.807) is 0 Å². The summed E-state index contributed by atoms with van der Waals surface area (Å²) in [6, 6.07) is 5.87. The van der Waals surface area contributed by atoms with E-state index in [9.17, 15) is 9.59 Å². The highest BCUT2D eigenvalue weighted by atomic mass is 16.5. The summed E-state index contributed by atoms with van der Waals surface area (Å²) in [6.45, 7) is -0.192. The molecule has 79 valence electrons. The molecule has 1 radical (unpaired) electrons. The molecule has 0 aliphatic heterocycles. The van der Waals surface area contributed by atoms with E-state index in [4.69, 9.17) is 10.5 Å². The molecule has 0 aliphatic carbocycles. The molecule has 0 spiro atoms. The van der Waals surface area contributed by atoms with E-state index in [1.165, 1.54) is 24.3 Å². The summed E-state index contributed by atoms with van der Waals surface area (Å²) >= 11 is 0. The number of nitrogens with two attached hydrogens (primary N) is 1. The first kappa shape index (κ1) is 11.2. The topological polar surface area (TPSA) is 78.6 Å². The van der Waals surface area contributed by atoms with E-state index in [0.717, 1.165) is 0 Å². The van der Waals surface area contributed by atoms with Gasteiger partial charge in [-0.1, -0.05) is 0 Å². The van der Waals surface area contributed by atoms with Crippen LogP contribution in [-0.4, -0.2) is 18.5 Å². The maximum Gasteiger partial charge on any atom is 0.338 e. The maximum atomic E-state index is 11.0. The van der Waals surface area contributed by atoms with Crippen molar-refractivity contribution in [2.24, 2.45) is 5.73 Å². The van der Waals surface area contributed by atoms with Crippen molar-refractivity contribution in [3.05, 3.63) is 36.9 Å². The van der Waals surface area contributed by atoms with Crippen LogP contribution in [0.1, 0.15) is 10.4 Å². The molecule has 2 N–H and O–H groups in total. The van der Waals surface area contributed by atoms with E-state index in [0.29, 0.717) is 11.3 Å². The molecule has 0 fully saturated rings. The number of rotatable bonds is 3. The molecule has 1 aromatic rings. The van der Waals surface area contributed by atoms with E-state index in [-0.39, 0.29) is 6.54 Å². The van der Waals surface area contributed by atoms with Crippen molar-refractivity contribution >= 4 is 11.9 Å². The van der Waals surface area contributed by atoms with Crippen LogP contribution in [0.3, 0.4) is 0 Å². The molecular formula is C10H10NO4. The summed E-state index contributed by atoms with van der Waals surface area (Å²) < 4.78 is 9.06. The predicted molar refractivity (Wildman–Crippen MR) is 51.9 cm³/mol. The number of hydrogen-bond donors (Lipinski definition) is 1. The second-order valence-corrected chi connectivity index (χ2v) is 2.63. The standard InChI is InChI=1S/C10H10NO4/c1-14-10(13)7-2-4-8(5-3-7)15-9(12)6-11/h2-5H,1,6,11H2. The summed E-state index contributed by atoms with van der Waals surface area (Å²) in [4.78, 5) is 21.8. The molecule has 0 heterocycles. The molecule has 1 aromatic carbocycles. The molecule has 5 nitrogen and oxygen atoms in total. The van der Waals surface area contributed by atoms with Crippen LogP contribution in [-0.2, 0) is 9.53 Å². The largest absolute Gasteiger partial charge is 0.458 e. The SMILES string of the molecule is [CH2]OC(=O)c1ccc(OC(=O)CN)cc1. The Hall–Kier alpha value is -1.88. The van der Waals surface area contributed by atoms with Gasteiger partial charge in [0.05, 0.1) is 12.1 Å². The Morgan fingerprint density at radius 2 is 1.87 bits per heavy atom. The molecule has 5 heteroatoms. The monoisotopic (exact) mass is 208 g/mol. The summed E-state index contributed by atoms with van der Waals surface area (Å²) in [5.41, 5.74) is 5.39. The Labute approximate surface area is 86.8 Å². The second-order valence-electron chi connectivity index (χ2n) is 2.63. The van der Waals surface area contributed by atoms with E-state index < -0.39 is 11.9 Å². The van der Waals surface area contributed by atoms with Gasteiger partial charge in [0, 0.05) is 0 Å². The summed E-state index contributed by atoms with van der Waals surface area (Å²) in [5, 5.41) is 0. The summed E-state index contributed by atoms with van der Waals surface area (Å²) in [6.07, 6.45) is 0. The fourth-order valence-electron chi connectivity index (χ4n) is 0.916. The zero-order chi connectivity index (χ0) is 11.3. The lowest BCUT2D eigenvalue weighted by molar-refractivity contribution is -0.132. The first-order valence-corrected chi connectivity index (χ1v) is 4.14. The molecule has 1 rings (SSSR count). The number of carbonyl (C=O) groups excluding carboxylic acids is 2. The average Bonchev–Trinajstić information content (AvgIpc) is 2.29. The average molecular weight is 208 g/mol. The number of esters is 2. The quantitative estimate of drug-likeness (QED) is 0.578.